The van der Waals surface area contributed by atoms with Crippen molar-refractivity contribution >= 4 is 37.1 Å². The van der Waals surface area contributed by atoms with E-state index < -0.39 is 13.4 Å². The predicted octanol–water partition coefficient (Wildman–Crippen LogP) is 3.91. The van der Waals surface area contributed by atoms with Crippen molar-refractivity contribution < 1.29 is 29.4 Å². The average Bonchev–Trinajstić information content (AvgIpc) is 2.55. The summed E-state index contributed by atoms with van der Waals surface area (Å²) in [6, 6.07) is 12.3. The summed E-state index contributed by atoms with van der Waals surface area (Å²) in [5.74, 6) is 0.362. The highest BCUT2D eigenvalue weighted by atomic mass is 32.5. The van der Waals surface area contributed by atoms with Gasteiger partial charge in [0, 0.05) is 6.42 Å². The third-order valence-corrected chi connectivity index (χ3v) is 2.27. The molecular formula is C16H33NO6P2S2. The van der Waals surface area contributed by atoms with Crippen molar-refractivity contribution in [2.45, 2.75) is 59.8 Å². The van der Waals surface area contributed by atoms with Crippen LogP contribution in [0.25, 0.3) is 0 Å². The Hall–Kier alpha value is -0.230. The predicted molar refractivity (Wildman–Crippen MR) is 119 cm³/mol. The standard InChI is InChI=1S/C10H11N.C4H10.C2H6.2H3O3PS/c1-9(7-8-11)10-5-3-2-4-6-10;1-3-4-2;1-2;2*1-4(2,3)5/h2-6,9H,7H2,1H3;3-4H2,1-2H3;1-2H3;2*(H3,1,2,3,5). The summed E-state index contributed by atoms with van der Waals surface area (Å²) in [4.78, 5) is 45.3. The van der Waals surface area contributed by atoms with Crippen molar-refractivity contribution in [2.24, 2.45) is 0 Å². The van der Waals surface area contributed by atoms with E-state index in [-0.39, 0.29) is 0 Å². The van der Waals surface area contributed by atoms with Crippen LogP contribution in [0.15, 0.2) is 30.3 Å². The molecule has 1 rings (SSSR count). The molecule has 1 aromatic rings. The van der Waals surface area contributed by atoms with Gasteiger partial charge >= 0.3 is 13.4 Å². The average molecular weight is 462 g/mol. The third kappa shape index (κ3) is 58.5. The minimum absolute atomic E-state index is 0.362. The Morgan fingerprint density at radius 3 is 1.41 bits per heavy atom. The van der Waals surface area contributed by atoms with Crippen LogP contribution >= 0.6 is 13.4 Å². The molecule has 0 radical (unpaired) electrons. The number of benzene rings is 1. The largest absolute Gasteiger partial charge is 0.325 e. The lowest BCUT2D eigenvalue weighted by Gasteiger charge is -2.05. The fourth-order valence-electron chi connectivity index (χ4n) is 1.04. The number of rotatable bonds is 3. The Labute approximate surface area is 173 Å². The van der Waals surface area contributed by atoms with Gasteiger partial charge in [-0.2, -0.15) is 5.26 Å². The summed E-state index contributed by atoms with van der Waals surface area (Å²) in [6.07, 6.45) is 3.24. The molecule has 1 aromatic carbocycles. The van der Waals surface area contributed by atoms with Crippen LogP contribution in [-0.4, -0.2) is 29.4 Å². The van der Waals surface area contributed by atoms with E-state index in [0.29, 0.717) is 12.3 Å². The van der Waals surface area contributed by atoms with E-state index in [0.717, 1.165) is 0 Å². The topological polar surface area (TPSA) is 145 Å². The first kappa shape index (κ1) is 34.3. The minimum atomic E-state index is -3.81. The van der Waals surface area contributed by atoms with Crippen LogP contribution in [0.4, 0.5) is 0 Å². The van der Waals surface area contributed by atoms with Gasteiger partial charge < -0.3 is 29.4 Å². The van der Waals surface area contributed by atoms with Gasteiger partial charge in [0.15, 0.2) is 0 Å². The van der Waals surface area contributed by atoms with Crippen molar-refractivity contribution in [1.29, 1.82) is 5.26 Å². The lowest BCUT2D eigenvalue weighted by Crippen LogP contribution is -1.90. The summed E-state index contributed by atoms with van der Waals surface area (Å²) in [5, 5.41) is 8.45. The Morgan fingerprint density at radius 2 is 1.19 bits per heavy atom. The molecule has 27 heavy (non-hydrogen) atoms. The number of nitriles is 1. The van der Waals surface area contributed by atoms with Crippen LogP contribution in [0.3, 0.4) is 0 Å². The maximum atomic E-state index is 8.45. The molecule has 0 aromatic heterocycles. The van der Waals surface area contributed by atoms with E-state index in [1.54, 1.807) is 0 Å². The molecule has 0 aliphatic heterocycles. The zero-order chi connectivity index (χ0) is 22.5. The van der Waals surface area contributed by atoms with Crippen LogP contribution in [-0.2, 0) is 23.6 Å². The molecule has 1 atom stereocenters. The van der Waals surface area contributed by atoms with Crippen LogP contribution < -0.4 is 0 Å². The van der Waals surface area contributed by atoms with Crippen molar-refractivity contribution in [3.63, 3.8) is 0 Å². The lowest BCUT2D eigenvalue weighted by atomic mass is 9.99. The number of hydrogen-bond donors (Lipinski definition) is 6. The molecule has 0 aliphatic carbocycles. The first-order valence-electron chi connectivity index (χ1n) is 8.24. The second-order valence-corrected chi connectivity index (χ2v) is 9.69. The molecule has 0 heterocycles. The van der Waals surface area contributed by atoms with E-state index in [1.807, 2.05) is 32.0 Å². The third-order valence-electron chi connectivity index (χ3n) is 2.27. The summed E-state index contributed by atoms with van der Waals surface area (Å²) >= 11 is 7.21. The highest BCUT2D eigenvalue weighted by molar-refractivity contribution is 8.06. The van der Waals surface area contributed by atoms with Crippen LogP contribution in [0.1, 0.15) is 65.4 Å². The van der Waals surface area contributed by atoms with E-state index in [1.165, 1.54) is 18.4 Å². The number of hydrogen-bond acceptors (Lipinski definition) is 3. The minimum Gasteiger partial charge on any atom is -0.325 e. The molecule has 0 bridgehead atoms. The molecule has 0 spiro atoms. The molecule has 0 saturated heterocycles. The van der Waals surface area contributed by atoms with Gasteiger partial charge in [-0.15, -0.1) is 0 Å². The Balaban J connectivity index is -0.000000140. The maximum Gasteiger partial charge on any atom is 0.319 e. The van der Waals surface area contributed by atoms with E-state index in [2.05, 4.69) is 62.6 Å². The fourth-order valence-corrected chi connectivity index (χ4v) is 1.04. The molecule has 0 aliphatic rings. The maximum absolute atomic E-state index is 8.45. The van der Waals surface area contributed by atoms with Crippen molar-refractivity contribution in [1.82, 2.24) is 0 Å². The highest BCUT2D eigenvalue weighted by Crippen LogP contribution is 2.27. The van der Waals surface area contributed by atoms with E-state index in [4.69, 9.17) is 34.6 Å². The molecule has 7 nitrogen and oxygen atoms in total. The van der Waals surface area contributed by atoms with Gasteiger partial charge in [0.05, 0.1) is 6.07 Å². The Bertz CT molecular complexity index is 519. The van der Waals surface area contributed by atoms with Crippen LogP contribution in [0, 0.1) is 11.3 Å². The van der Waals surface area contributed by atoms with Gasteiger partial charge in [0.2, 0.25) is 0 Å². The van der Waals surface area contributed by atoms with Gasteiger partial charge in [0.1, 0.15) is 0 Å². The lowest BCUT2D eigenvalue weighted by molar-refractivity contribution is 0.361. The molecule has 160 valence electrons. The summed E-state index contributed by atoms with van der Waals surface area (Å²) in [5.41, 5.74) is 1.24. The second kappa shape index (κ2) is 22.1. The smallest absolute Gasteiger partial charge is 0.319 e. The second-order valence-electron chi connectivity index (χ2n) is 4.70. The van der Waals surface area contributed by atoms with Gasteiger partial charge in [0.25, 0.3) is 0 Å². The molecule has 0 amide bonds. The van der Waals surface area contributed by atoms with Crippen molar-refractivity contribution in [3.05, 3.63) is 35.9 Å². The van der Waals surface area contributed by atoms with Crippen LogP contribution in [0.2, 0.25) is 0 Å². The normalized spacial score (nSPS) is 10.6. The number of nitrogens with zero attached hydrogens (tertiary/aromatic N) is 1. The first-order valence-corrected chi connectivity index (χ1v) is 13.6. The molecule has 0 fully saturated rings. The summed E-state index contributed by atoms with van der Waals surface area (Å²) in [6.45, 7) is 2.82. The van der Waals surface area contributed by atoms with Gasteiger partial charge in [-0.25, -0.2) is 0 Å². The molecule has 1 unspecified atom stereocenters. The molecular weight excluding hydrogens is 428 g/mol. The van der Waals surface area contributed by atoms with Gasteiger partial charge in [-0.05, 0) is 35.1 Å². The Morgan fingerprint density at radius 1 is 0.889 bits per heavy atom. The SMILES string of the molecule is CC.CC(CC#N)c1ccccc1.CCCC.OP(O)(O)=S.OP(O)(O)=S. The van der Waals surface area contributed by atoms with Crippen molar-refractivity contribution in [3.8, 4) is 6.07 Å². The molecule has 6 N–H and O–H groups in total. The van der Waals surface area contributed by atoms with Crippen molar-refractivity contribution in [2.75, 3.05) is 0 Å². The Kier molecular flexibility index (Phi) is 28.0. The molecule has 0 saturated carbocycles. The zero-order valence-corrected chi connectivity index (χ0v) is 19.8. The first-order chi connectivity index (χ1) is 12.3. The monoisotopic (exact) mass is 461 g/mol. The zero-order valence-electron chi connectivity index (χ0n) is 16.4. The van der Waals surface area contributed by atoms with Gasteiger partial charge in [-0.3, -0.25) is 0 Å². The fraction of sp³-hybridized carbons (Fsp3) is 0.562. The highest BCUT2D eigenvalue weighted by Gasteiger charge is 2.01. The number of unbranched alkanes of at least 4 members (excludes halogenated alkanes) is 1. The quantitative estimate of drug-likeness (QED) is 0.369. The summed E-state index contributed by atoms with van der Waals surface area (Å²) in [7, 11) is 0. The van der Waals surface area contributed by atoms with E-state index in [9.17, 15) is 0 Å². The van der Waals surface area contributed by atoms with Crippen LogP contribution in [0.5, 0.6) is 0 Å². The summed E-state index contributed by atoms with van der Waals surface area (Å²) < 4.78 is 0. The molecule has 11 heteroatoms. The van der Waals surface area contributed by atoms with E-state index >= 15 is 0 Å². The van der Waals surface area contributed by atoms with Gasteiger partial charge in [-0.1, -0.05) is 77.8 Å².